The molecular weight excluding hydrogens is 238 g/mol. The molecule has 0 bridgehead atoms. The molecule has 94 valence electrons. The smallest absolute Gasteiger partial charge is 0.228 e. The number of rotatable bonds is 2. The third-order valence-corrected chi connectivity index (χ3v) is 3.15. The quantitative estimate of drug-likeness (QED) is 0.858. The average Bonchev–Trinajstić information content (AvgIpc) is 2.90. The van der Waals surface area contributed by atoms with Gasteiger partial charge in [0.15, 0.2) is 11.5 Å². The highest BCUT2D eigenvalue weighted by atomic mass is 16.5. The minimum atomic E-state index is -0.358. The van der Waals surface area contributed by atoms with E-state index in [4.69, 9.17) is 4.74 Å². The molecule has 1 unspecified atom stereocenters. The Morgan fingerprint density at radius 2 is 2.00 bits per heavy atom. The Bertz CT molecular complexity index is 695. The summed E-state index contributed by atoms with van der Waals surface area (Å²) in [7, 11) is 1.78. The molecule has 4 nitrogen and oxygen atoms in total. The lowest BCUT2D eigenvalue weighted by molar-refractivity contribution is 0.144. The molecule has 19 heavy (non-hydrogen) atoms. The molecule has 0 aromatic heterocycles. The lowest BCUT2D eigenvalue weighted by Gasteiger charge is -2.12. The lowest BCUT2D eigenvalue weighted by atomic mass is 10.0. The maximum absolute atomic E-state index is 9.20. The van der Waals surface area contributed by atoms with Crippen LogP contribution in [0, 0.1) is 11.3 Å². The molecule has 0 saturated carbocycles. The van der Waals surface area contributed by atoms with E-state index in [-0.39, 0.29) is 6.35 Å². The molecular formula is C15H13N3O. The minimum absolute atomic E-state index is 0.358. The van der Waals surface area contributed by atoms with Crippen LogP contribution >= 0.6 is 0 Å². The molecule has 0 saturated heterocycles. The first kappa shape index (κ1) is 11.6. The highest BCUT2D eigenvalue weighted by molar-refractivity contribution is 5.93. The van der Waals surface area contributed by atoms with Crippen LogP contribution in [0.5, 0.6) is 0 Å². The maximum atomic E-state index is 9.20. The van der Waals surface area contributed by atoms with E-state index in [0.717, 1.165) is 16.3 Å². The normalized spacial score (nSPS) is 18.0. The first-order valence-electron chi connectivity index (χ1n) is 6.06. The molecule has 1 aliphatic heterocycles. The number of ether oxygens (including phenoxy) is 1. The van der Waals surface area contributed by atoms with Gasteiger partial charge in [-0.15, -0.1) is 0 Å². The Balaban J connectivity index is 2.17. The van der Waals surface area contributed by atoms with Crippen molar-refractivity contribution in [2.45, 2.75) is 6.35 Å². The molecule has 0 spiro atoms. The second kappa shape index (κ2) is 4.63. The van der Waals surface area contributed by atoms with Gasteiger partial charge in [0, 0.05) is 5.56 Å². The van der Waals surface area contributed by atoms with Crippen LogP contribution in [0.4, 0.5) is 0 Å². The third kappa shape index (κ3) is 1.90. The largest absolute Gasteiger partial charge is 0.454 e. The van der Waals surface area contributed by atoms with Gasteiger partial charge in [0.1, 0.15) is 6.07 Å². The van der Waals surface area contributed by atoms with Crippen molar-refractivity contribution in [2.75, 3.05) is 7.05 Å². The summed E-state index contributed by atoms with van der Waals surface area (Å²) in [5, 5.41) is 17.3. The number of hydrogen-bond donors (Lipinski definition) is 2. The summed E-state index contributed by atoms with van der Waals surface area (Å²) in [5.41, 5.74) is 1.38. The fraction of sp³-hybridized carbons (Fsp3) is 0.133. The van der Waals surface area contributed by atoms with Crippen LogP contribution in [-0.2, 0) is 4.74 Å². The Morgan fingerprint density at radius 1 is 1.21 bits per heavy atom. The van der Waals surface area contributed by atoms with Crippen LogP contribution in [0.2, 0.25) is 0 Å². The van der Waals surface area contributed by atoms with E-state index in [1.54, 1.807) is 7.05 Å². The van der Waals surface area contributed by atoms with Gasteiger partial charge in [-0.2, -0.15) is 5.26 Å². The van der Waals surface area contributed by atoms with Crippen molar-refractivity contribution >= 4 is 16.5 Å². The predicted molar refractivity (Wildman–Crippen MR) is 73.5 cm³/mol. The van der Waals surface area contributed by atoms with Gasteiger partial charge in [0.05, 0.1) is 0 Å². The van der Waals surface area contributed by atoms with Gasteiger partial charge in [-0.1, -0.05) is 42.5 Å². The van der Waals surface area contributed by atoms with Crippen LogP contribution in [0.1, 0.15) is 5.56 Å². The number of nitriles is 1. The van der Waals surface area contributed by atoms with Crippen molar-refractivity contribution in [3.63, 3.8) is 0 Å². The fourth-order valence-corrected chi connectivity index (χ4v) is 2.24. The van der Waals surface area contributed by atoms with Gasteiger partial charge >= 0.3 is 0 Å². The van der Waals surface area contributed by atoms with E-state index in [1.807, 2.05) is 42.5 Å². The zero-order chi connectivity index (χ0) is 13.2. The number of hydrogen-bond acceptors (Lipinski definition) is 4. The van der Waals surface area contributed by atoms with E-state index >= 15 is 0 Å². The van der Waals surface area contributed by atoms with E-state index in [0.29, 0.717) is 11.5 Å². The van der Waals surface area contributed by atoms with Crippen LogP contribution in [-0.4, -0.2) is 13.4 Å². The zero-order valence-electron chi connectivity index (χ0n) is 10.5. The van der Waals surface area contributed by atoms with Crippen molar-refractivity contribution in [2.24, 2.45) is 0 Å². The molecule has 0 aliphatic carbocycles. The number of fused-ring (bicyclic) bond motifs is 1. The zero-order valence-corrected chi connectivity index (χ0v) is 10.5. The van der Waals surface area contributed by atoms with Crippen molar-refractivity contribution in [1.82, 2.24) is 10.6 Å². The minimum Gasteiger partial charge on any atom is -0.454 e. The topological polar surface area (TPSA) is 57.1 Å². The summed E-state index contributed by atoms with van der Waals surface area (Å²) < 4.78 is 5.74. The fourth-order valence-electron chi connectivity index (χ4n) is 2.24. The molecule has 1 heterocycles. The first-order chi connectivity index (χ1) is 9.33. The number of benzene rings is 2. The standard InChI is InChI=1S/C15H13N3O/c1-17-15-18-13(9-16)14(19-15)12-8-4-6-10-5-2-3-7-11(10)12/h2-8,15,17-18H,1H3. The Hall–Kier alpha value is -2.51. The maximum Gasteiger partial charge on any atom is 0.228 e. The molecule has 1 aliphatic rings. The molecule has 0 fully saturated rings. The van der Waals surface area contributed by atoms with Crippen LogP contribution < -0.4 is 10.6 Å². The molecule has 2 aromatic carbocycles. The van der Waals surface area contributed by atoms with Crippen molar-refractivity contribution < 1.29 is 4.74 Å². The van der Waals surface area contributed by atoms with Gasteiger partial charge in [0.25, 0.3) is 0 Å². The molecule has 4 heteroatoms. The van der Waals surface area contributed by atoms with E-state index in [1.165, 1.54) is 0 Å². The summed E-state index contributed by atoms with van der Waals surface area (Å²) >= 11 is 0. The molecule has 2 aromatic rings. The van der Waals surface area contributed by atoms with Crippen molar-refractivity contribution in [1.29, 1.82) is 5.26 Å². The summed E-state index contributed by atoms with van der Waals surface area (Å²) in [4.78, 5) is 0. The summed E-state index contributed by atoms with van der Waals surface area (Å²) in [6.07, 6.45) is -0.358. The summed E-state index contributed by atoms with van der Waals surface area (Å²) in [6, 6.07) is 16.2. The molecule has 3 rings (SSSR count). The van der Waals surface area contributed by atoms with Crippen molar-refractivity contribution in [3.8, 4) is 6.07 Å². The highest BCUT2D eigenvalue weighted by Gasteiger charge is 2.25. The average molecular weight is 251 g/mol. The van der Waals surface area contributed by atoms with Gasteiger partial charge in [-0.3, -0.25) is 5.32 Å². The van der Waals surface area contributed by atoms with Crippen LogP contribution in [0.3, 0.4) is 0 Å². The van der Waals surface area contributed by atoms with Gasteiger partial charge in [-0.05, 0) is 17.8 Å². The molecule has 0 radical (unpaired) electrons. The number of nitrogens with one attached hydrogen (secondary N) is 2. The van der Waals surface area contributed by atoms with Crippen molar-refractivity contribution in [3.05, 3.63) is 53.7 Å². The second-order valence-electron chi connectivity index (χ2n) is 4.27. The van der Waals surface area contributed by atoms with Crippen LogP contribution in [0.15, 0.2) is 48.2 Å². The Labute approximate surface area is 111 Å². The molecule has 2 N–H and O–H groups in total. The SMILES string of the molecule is CNC1NC(C#N)=C(c2cccc3ccccc23)O1. The van der Waals surface area contributed by atoms with E-state index in [9.17, 15) is 5.26 Å². The number of allylic oxidation sites excluding steroid dienone is 1. The number of nitrogens with zero attached hydrogens (tertiary/aromatic N) is 1. The highest BCUT2D eigenvalue weighted by Crippen LogP contribution is 2.30. The molecule has 0 amide bonds. The van der Waals surface area contributed by atoms with E-state index < -0.39 is 0 Å². The van der Waals surface area contributed by atoms with Gasteiger partial charge in [0.2, 0.25) is 6.35 Å². The monoisotopic (exact) mass is 251 g/mol. The summed E-state index contributed by atoms with van der Waals surface area (Å²) in [6.45, 7) is 0. The van der Waals surface area contributed by atoms with Gasteiger partial charge in [-0.25, -0.2) is 0 Å². The van der Waals surface area contributed by atoms with Gasteiger partial charge < -0.3 is 10.1 Å². The Kier molecular flexibility index (Phi) is 2.82. The van der Waals surface area contributed by atoms with E-state index in [2.05, 4.69) is 16.7 Å². The second-order valence-corrected chi connectivity index (χ2v) is 4.27. The predicted octanol–water partition coefficient (Wildman–Crippen LogP) is 2.15. The van der Waals surface area contributed by atoms with Crippen LogP contribution in [0.25, 0.3) is 16.5 Å². The molecule has 1 atom stereocenters. The summed E-state index contributed by atoms with van der Waals surface area (Å²) in [5.74, 6) is 0.596. The third-order valence-electron chi connectivity index (χ3n) is 3.15. The lowest BCUT2D eigenvalue weighted by Crippen LogP contribution is -2.36. The Morgan fingerprint density at radius 3 is 2.79 bits per heavy atom. The first-order valence-corrected chi connectivity index (χ1v) is 6.06.